The number of aliphatic hydroxyl groups is 1. The van der Waals surface area contributed by atoms with E-state index in [0.29, 0.717) is 6.42 Å². The van der Waals surface area contributed by atoms with Gasteiger partial charge >= 0.3 is 0 Å². The van der Waals surface area contributed by atoms with Crippen molar-refractivity contribution >= 4 is 5.91 Å². The first kappa shape index (κ1) is 5.56. The van der Waals surface area contributed by atoms with E-state index in [0.717, 1.165) is 6.54 Å². The third kappa shape index (κ3) is 0.690. The number of β-lactam (4-membered cyclic amide) rings is 1. The molecule has 1 N–H and O–H groups in total. The van der Waals surface area contributed by atoms with Crippen molar-refractivity contribution < 1.29 is 9.90 Å². The van der Waals surface area contributed by atoms with Gasteiger partial charge in [0.15, 0.2) is 0 Å². The van der Waals surface area contributed by atoms with Crippen LogP contribution in [0.4, 0.5) is 0 Å². The topological polar surface area (TPSA) is 40.5 Å². The van der Waals surface area contributed by atoms with E-state index >= 15 is 0 Å². The Morgan fingerprint density at radius 3 is 2.50 bits per heavy atom. The summed E-state index contributed by atoms with van der Waals surface area (Å²) in [5.74, 6) is 0.0556. The zero-order valence-corrected chi connectivity index (χ0v) is 4.79. The molecule has 1 heterocycles. The van der Waals surface area contributed by atoms with Crippen LogP contribution in [0.2, 0.25) is 0 Å². The molecule has 0 aliphatic carbocycles. The summed E-state index contributed by atoms with van der Waals surface area (Å²) in [5.41, 5.74) is 0. The van der Waals surface area contributed by atoms with E-state index in [-0.39, 0.29) is 5.91 Å². The first-order valence-electron chi connectivity index (χ1n) is 2.69. The van der Waals surface area contributed by atoms with Crippen molar-refractivity contribution in [1.29, 1.82) is 0 Å². The smallest absolute Gasteiger partial charge is 0.226 e. The normalized spacial score (nSPS) is 22.8. The minimum absolute atomic E-state index is 0.0556. The van der Waals surface area contributed by atoms with Gasteiger partial charge in [-0.05, 0) is 6.92 Å². The van der Waals surface area contributed by atoms with Crippen molar-refractivity contribution in [2.75, 3.05) is 6.54 Å². The lowest BCUT2D eigenvalue weighted by Gasteiger charge is -2.32. The van der Waals surface area contributed by atoms with Crippen LogP contribution in [0.3, 0.4) is 0 Å². The summed E-state index contributed by atoms with van der Waals surface area (Å²) in [5, 5.41) is 8.75. The molecule has 0 saturated carbocycles. The molecule has 0 spiro atoms. The molecule has 1 aliphatic heterocycles. The van der Waals surface area contributed by atoms with Crippen LogP contribution in [-0.2, 0) is 4.79 Å². The molecule has 1 amide bonds. The third-order valence-corrected chi connectivity index (χ3v) is 1.34. The number of hydrogen-bond donors (Lipinski definition) is 1. The molecule has 0 radical (unpaired) electrons. The Morgan fingerprint density at radius 2 is 2.50 bits per heavy atom. The Balaban J connectivity index is 2.37. The summed E-state index contributed by atoms with van der Waals surface area (Å²) in [7, 11) is 0. The molecule has 0 unspecified atom stereocenters. The van der Waals surface area contributed by atoms with Crippen LogP contribution in [0, 0.1) is 0 Å². The maximum absolute atomic E-state index is 10.4. The van der Waals surface area contributed by atoms with Crippen LogP contribution >= 0.6 is 0 Å². The molecule has 1 atom stereocenters. The molecule has 0 bridgehead atoms. The molecule has 0 aromatic carbocycles. The summed E-state index contributed by atoms with van der Waals surface area (Å²) in [6.07, 6.45) is 0.0153. The molecule has 0 aromatic rings. The number of carbonyl (C=O) groups is 1. The highest BCUT2D eigenvalue weighted by molar-refractivity contribution is 5.81. The fourth-order valence-corrected chi connectivity index (χ4v) is 0.727. The van der Waals surface area contributed by atoms with Gasteiger partial charge in [0.25, 0.3) is 0 Å². The summed E-state index contributed by atoms with van der Waals surface area (Å²) < 4.78 is 0. The van der Waals surface area contributed by atoms with Gasteiger partial charge in [0.05, 0.1) is 0 Å². The van der Waals surface area contributed by atoms with Crippen LogP contribution < -0.4 is 0 Å². The molecule has 3 heteroatoms. The van der Waals surface area contributed by atoms with Crippen LogP contribution in [0.5, 0.6) is 0 Å². The third-order valence-electron chi connectivity index (χ3n) is 1.34. The molecule has 1 fully saturated rings. The minimum Gasteiger partial charge on any atom is -0.374 e. The minimum atomic E-state index is -0.587. The van der Waals surface area contributed by atoms with Crippen LogP contribution in [0.1, 0.15) is 13.3 Å². The average molecular weight is 115 g/mol. The van der Waals surface area contributed by atoms with E-state index in [2.05, 4.69) is 0 Å². The standard InChI is InChI=1S/C5H9NO2/c1-4(7)6-3-2-5(6)8/h4,7H,2-3H2,1H3/t4-/m1/s1. The monoisotopic (exact) mass is 115 g/mol. The van der Waals surface area contributed by atoms with Gasteiger partial charge in [0, 0.05) is 13.0 Å². The SMILES string of the molecule is C[C@@H](O)N1CCC1=O. The van der Waals surface area contributed by atoms with Crippen LogP contribution in [0.25, 0.3) is 0 Å². The summed E-state index contributed by atoms with van der Waals surface area (Å²) in [4.78, 5) is 11.9. The molecular weight excluding hydrogens is 106 g/mol. The average Bonchev–Trinajstić information content (AvgIpc) is 1.61. The fraction of sp³-hybridized carbons (Fsp3) is 0.800. The fourth-order valence-electron chi connectivity index (χ4n) is 0.727. The second-order valence-corrected chi connectivity index (χ2v) is 1.97. The maximum Gasteiger partial charge on any atom is 0.226 e. The van der Waals surface area contributed by atoms with Crippen molar-refractivity contribution in [3.63, 3.8) is 0 Å². The highest BCUT2D eigenvalue weighted by Gasteiger charge is 2.26. The van der Waals surface area contributed by atoms with Gasteiger partial charge in [-0.2, -0.15) is 0 Å². The van der Waals surface area contributed by atoms with Gasteiger partial charge in [-0.25, -0.2) is 0 Å². The van der Waals surface area contributed by atoms with Gasteiger partial charge in [-0.15, -0.1) is 0 Å². The van der Waals surface area contributed by atoms with E-state index in [1.165, 1.54) is 4.90 Å². The molecule has 1 rings (SSSR count). The predicted molar refractivity (Wildman–Crippen MR) is 28.0 cm³/mol. The number of nitrogens with zero attached hydrogens (tertiary/aromatic N) is 1. The van der Waals surface area contributed by atoms with Crippen LogP contribution in [0.15, 0.2) is 0 Å². The van der Waals surface area contributed by atoms with Gasteiger partial charge in [-0.3, -0.25) is 4.79 Å². The molecule has 1 aliphatic rings. The Hall–Kier alpha value is -0.570. The highest BCUT2D eigenvalue weighted by atomic mass is 16.3. The second kappa shape index (κ2) is 1.74. The Kier molecular flexibility index (Phi) is 1.21. The highest BCUT2D eigenvalue weighted by Crippen LogP contribution is 2.10. The van der Waals surface area contributed by atoms with Crippen molar-refractivity contribution in [1.82, 2.24) is 4.90 Å². The van der Waals surface area contributed by atoms with Gasteiger partial charge in [0.2, 0.25) is 5.91 Å². The largest absolute Gasteiger partial charge is 0.374 e. The number of likely N-dealkylation sites (tertiary alicyclic amines) is 1. The Bertz CT molecular complexity index is 111. The number of rotatable bonds is 1. The summed E-state index contributed by atoms with van der Waals surface area (Å²) in [6, 6.07) is 0. The second-order valence-electron chi connectivity index (χ2n) is 1.97. The molecule has 1 saturated heterocycles. The molecule has 0 aromatic heterocycles. The van der Waals surface area contributed by atoms with Crippen molar-refractivity contribution in [3.05, 3.63) is 0 Å². The lowest BCUT2D eigenvalue weighted by molar-refractivity contribution is -0.151. The first-order valence-corrected chi connectivity index (χ1v) is 2.69. The molecular formula is C5H9NO2. The molecule has 3 nitrogen and oxygen atoms in total. The van der Waals surface area contributed by atoms with Gasteiger partial charge in [-0.1, -0.05) is 0 Å². The Labute approximate surface area is 47.9 Å². The number of amides is 1. The van der Waals surface area contributed by atoms with Crippen LogP contribution in [-0.4, -0.2) is 28.7 Å². The van der Waals surface area contributed by atoms with Crippen molar-refractivity contribution in [2.45, 2.75) is 19.6 Å². The Morgan fingerprint density at radius 1 is 1.88 bits per heavy atom. The maximum atomic E-state index is 10.4. The predicted octanol–water partition coefficient (Wildman–Crippen LogP) is -0.443. The lowest BCUT2D eigenvalue weighted by atomic mass is 10.2. The molecule has 8 heavy (non-hydrogen) atoms. The lowest BCUT2D eigenvalue weighted by Crippen LogP contribution is -2.48. The first-order chi connectivity index (χ1) is 3.72. The quantitative estimate of drug-likeness (QED) is 0.470. The van der Waals surface area contributed by atoms with Gasteiger partial charge in [0.1, 0.15) is 6.23 Å². The number of aliphatic hydroxyl groups excluding tert-OH is 1. The van der Waals surface area contributed by atoms with E-state index in [1.807, 2.05) is 0 Å². The number of hydrogen-bond acceptors (Lipinski definition) is 2. The zero-order valence-electron chi connectivity index (χ0n) is 4.79. The van der Waals surface area contributed by atoms with Crippen molar-refractivity contribution in [2.24, 2.45) is 0 Å². The molecule has 46 valence electrons. The van der Waals surface area contributed by atoms with Crippen molar-refractivity contribution in [3.8, 4) is 0 Å². The van der Waals surface area contributed by atoms with E-state index in [4.69, 9.17) is 5.11 Å². The van der Waals surface area contributed by atoms with Gasteiger partial charge < -0.3 is 10.0 Å². The zero-order chi connectivity index (χ0) is 6.15. The summed E-state index contributed by atoms with van der Waals surface area (Å²) >= 11 is 0. The summed E-state index contributed by atoms with van der Waals surface area (Å²) in [6.45, 7) is 2.31. The number of carbonyl (C=O) groups excluding carboxylic acids is 1. The van der Waals surface area contributed by atoms with E-state index in [9.17, 15) is 4.79 Å². The van der Waals surface area contributed by atoms with E-state index in [1.54, 1.807) is 6.92 Å². The van der Waals surface area contributed by atoms with E-state index < -0.39 is 6.23 Å².